The zero-order valence-corrected chi connectivity index (χ0v) is 21.7. The molecule has 3 N–H and O–H groups in total. The molecule has 36 heavy (non-hydrogen) atoms. The number of methoxy groups -OCH3 is 1. The Labute approximate surface area is 217 Å². The SMILES string of the molecule is COc1cc2[nH]nc(-c3cnc(N4CC(C)(C)C4)c(F)c3)c2cc1O[C@H](N)c1c(Cl)cnc(C)c1Cl. The van der Waals surface area contributed by atoms with Crippen LogP contribution < -0.4 is 20.1 Å². The molecule has 1 saturated heterocycles. The van der Waals surface area contributed by atoms with E-state index in [1.165, 1.54) is 19.4 Å². The number of nitrogens with zero attached hydrogens (tertiary/aromatic N) is 4. The molecule has 0 bridgehead atoms. The van der Waals surface area contributed by atoms with Crippen LogP contribution in [-0.4, -0.2) is 40.4 Å². The van der Waals surface area contributed by atoms with Crippen molar-refractivity contribution in [3.8, 4) is 22.8 Å². The van der Waals surface area contributed by atoms with Gasteiger partial charge in [0.15, 0.2) is 29.4 Å². The Hall–Kier alpha value is -3.14. The molecule has 4 aromatic rings. The lowest BCUT2D eigenvalue weighted by Gasteiger charge is -2.46. The zero-order valence-electron chi connectivity index (χ0n) is 20.2. The number of aromatic nitrogens is 4. The van der Waals surface area contributed by atoms with Crippen molar-refractivity contribution in [1.29, 1.82) is 0 Å². The lowest BCUT2D eigenvalue weighted by atomic mass is 9.84. The normalized spacial score (nSPS) is 15.6. The van der Waals surface area contributed by atoms with Crippen molar-refractivity contribution in [2.45, 2.75) is 27.0 Å². The third kappa shape index (κ3) is 4.31. The highest BCUT2D eigenvalue weighted by Crippen LogP contribution is 2.40. The summed E-state index contributed by atoms with van der Waals surface area (Å²) in [6.45, 7) is 7.55. The number of aromatic amines is 1. The van der Waals surface area contributed by atoms with Crippen LogP contribution in [0, 0.1) is 18.2 Å². The summed E-state index contributed by atoms with van der Waals surface area (Å²) in [6, 6.07) is 4.90. The molecule has 1 aliphatic heterocycles. The molecule has 0 aliphatic carbocycles. The van der Waals surface area contributed by atoms with E-state index in [2.05, 4.69) is 34.0 Å². The van der Waals surface area contributed by atoms with Crippen molar-refractivity contribution in [3.05, 3.63) is 57.7 Å². The molecule has 0 unspecified atom stereocenters. The van der Waals surface area contributed by atoms with Gasteiger partial charge in [0.25, 0.3) is 0 Å². The Bertz CT molecular complexity index is 1470. The molecule has 1 aliphatic rings. The Morgan fingerprint density at radius 2 is 1.89 bits per heavy atom. The lowest BCUT2D eigenvalue weighted by molar-refractivity contribution is 0.204. The molecule has 8 nitrogen and oxygen atoms in total. The van der Waals surface area contributed by atoms with Gasteiger partial charge >= 0.3 is 0 Å². The second-order valence-electron chi connectivity index (χ2n) is 9.63. The molecule has 0 spiro atoms. The smallest absolute Gasteiger partial charge is 0.177 e. The molecule has 0 radical (unpaired) electrons. The van der Waals surface area contributed by atoms with Crippen molar-refractivity contribution in [3.63, 3.8) is 0 Å². The van der Waals surface area contributed by atoms with Gasteiger partial charge in [0.1, 0.15) is 5.69 Å². The maximum atomic E-state index is 15.0. The van der Waals surface area contributed by atoms with E-state index < -0.39 is 12.0 Å². The Kier molecular flexibility index (Phi) is 6.18. The number of aryl methyl sites for hydroxylation is 1. The summed E-state index contributed by atoms with van der Waals surface area (Å²) in [5.74, 6) is 0.709. The van der Waals surface area contributed by atoms with Crippen LogP contribution >= 0.6 is 23.2 Å². The minimum atomic E-state index is -0.993. The van der Waals surface area contributed by atoms with Crippen LogP contribution in [0.3, 0.4) is 0 Å². The van der Waals surface area contributed by atoms with Crippen LogP contribution in [0.5, 0.6) is 11.5 Å². The van der Waals surface area contributed by atoms with E-state index in [0.29, 0.717) is 55.8 Å². The van der Waals surface area contributed by atoms with Gasteiger partial charge in [-0.05, 0) is 24.5 Å². The summed E-state index contributed by atoms with van der Waals surface area (Å²) in [6.07, 6.45) is 2.10. The maximum absolute atomic E-state index is 15.0. The van der Waals surface area contributed by atoms with E-state index in [9.17, 15) is 4.39 Å². The maximum Gasteiger partial charge on any atom is 0.177 e. The number of pyridine rings is 2. The van der Waals surface area contributed by atoms with Gasteiger partial charge in [-0.15, -0.1) is 0 Å². The Morgan fingerprint density at radius 1 is 1.14 bits per heavy atom. The van der Waals surface area contributed by atoms with Gasteiger partial charge in [-0.3, -0.25) is 15.8 Å². The van der Waals surface area contributed by atoms with Gasteiger partial charge in [-0.1, -0.05) is 37.0 Å². The van der Waals surface area contributed by atoms with Gasteiger partial charge in [0.2, 0.25) is 0 Å². The Balaban J connectivity index is 1.50. The topological polar surface area (TPSA) is 102 Å². The van der Waals surface area contributed by atoms with Gasteiger partial charge < -0.3 is 14.4 Å². The highest BCUT2D eigenvalue weighted by molar-refractivity contribution is 6.36. The standard InChI is InChI=1S/C25H25Cl2FN6O2/c1-12-21(27)20(15(26)9-30-12)23(29)36-19-6-14-17(7-18(19)35-4)32-33-22(14)13-5-16(28)24(31-8-13)34-10-25(2,3)11-34/h5-9,23H,10-11,29H2,1-4H3,(H,32,33)/t23-/m0/s1. The van der Waals surface area contributed by atoms with Gasteiger partial charge in [0, 0.05) is 48.1 Å². The van der Waals surface area contributed by atoms with Crippen molar-refractivity contribution in [2.24, 2.45) is 11.1 Å². The van der Waals surface area contributed by atoms with Crippen LogP contribution in [0.15, 0.2) is 30.6 Å². The van der Waals surface area contributed by atoms with Crippen molar-refractivity contribution in [1.82, 2.24) is 20.2 Å². The number of nitrogens with two attached hydrogens (primary N) is 1. The molecule has 1 aromatic carbocycles. The highest BCUT2D eigenvalue weighted by Gasteiger charge is 2.36. The molecule has 4 heterocycles. The van der Waals surface area contributed by atoms with E-state index in [4.69, 9.17) is 38.4 Å². The molecule has 0 saturated carbocycles. The molecule has 3 aromatic heterocycles. The summed E-state index contributed by atoms with van der Waals surface area (Å²) < 4.78 is 26.5. The van der Waals surface area contributed by atoms with Crippen LogP contribution in [0.4, 0.5) is 10.2 Å². The highest BCUT2D eigenvalue weighted by atomic mass is 35.5. The van der Waals surface area contributed by atoms with Crippen molar-refractivity contribution < 1.29 is 13.9 Å². The fraction of sp³-hybridized carbons (Fsp3) is 0.320. The molecule has 0 amide bonds. The molecule has 11 heteroatoms. The summed E-state index contributed by atoms with van der Waals surface area (Å²) in [4.78, 5) is 10.4. The van der Waals surface area contributed by atoms with Gasteiger partial charge in [-0.2, -0.15) is 5.10 Å². The predicted molar refractivity (Wildman–Crippen MR) is 138 cm³/mol. The number of halogens is 3. The predicted octanol–water partition coefficient (Wildman–Crippen LogP) is 5.67. The van der Waals surface area contributed by atoms with Gasteiger partial charge in [-0.25, -0.2) is 9.37 Å². The zero-order chi connectivity index (χ0) is 25.8. The van der Waals surface area contributed by atoms with Crippen LogP contribution in [0.1, 0.15) is 31.3 Å². The van der Waals surface area contributed by atoms with E-state index >= 15 is 0 Å². The minimum absolute atomic E-state index is 0.158. The number of fused-ring (bicyclic) bond motifs is 1. The van der Waals surface area contributed by atoms with E-state index in [1.807, 2.05) is 4.90 Å². The molecular weight excluding hydrogens is 506 g/mol. The first-order valence-electron chi connectivity index (χ1n) is 11.3. The average molecular weight is 531 g/mol. The number of ether oxygens (including phenoxy) is 2. The first kappa shape index (κ1) is 24.5. The molecule has 5 rings (SSSR count). The van der Waals surface area contributed by atoms with Crippen LogP contribution in [-0.2, 0) is 0 Å². The molecule has 1 fully saturated rings. The number of hydrogen-bond donors (Lipinski definition) is 2. The largest absolute Gasteiger partial charge is 0.493 e. The number of rotatable bonds is 6. The summed E-state index contributed by atoms with van der Waals surface area (Å²) >= 11 is 12.7. The second-order valence-corrected chi connectivity index (χ2v) is 10.4. The number of hydrogen-bond acceptors (Lipinski definition) is 7. The molecule has 1 atom stereocenters. The van der Waals surface area contributed by atoms with Crippen molar-refractivity contribution in [2.75, 3.05) is 25.1 Å². The van der Waals surface area contributed by atoms with E-state index in [0.717, 1.165) is 13.1 Å². The fourth-order valence-electron chi connectivity index (χ4n) is 4.46. The number of anilines is 1. The van der Waals surface area contributed by atoms with E-state index in [-0.39, 0.29) is 10.4 Å². The number of benzene rings is 1. The summed E-state index contributed by atoms with van der Waals surface area (Å²) in [5.41, 5.74) is 9.20. The summed E-state index contributed by atoms with van der Waals surface area (Å²) in [7, 11) is 1.52. The third-order valence-electron chi connectivity index (χ3n) is 6.20. The van der Waals surface area contributed by atoms with Crippen LogP contribution in [0.25, 0.3) is 22.2 Å². The minimum Gasteiger partial charge on any atom is -0.493 e. The molecular formula is C25H25Cl2FN6O2. The summed E-state index contributed by atoms with van der Waals surface area (Å²) in [5, 5.41) is 8.65. The molecule has 188 valence electrons. The monoisotopic (exact) mass is 530 g/mol. The van der Waals surface area contributed by atoms with Crippen LogP contribution in [0.2, 0.25) is 10.0 Å². The van der Waals surface area contributed by atoms with Crippen molar-refractivity contribution >= 4 is 39.9 Å². The number of nitrogens with one attached hydrogen (secondary N) is 1. The lowest BCUT2D eigenvalue weighted by Crippen LogP contribution is -2.53. The fourth-order valence-corrected chi connectivity index (χ4v) is 5.02. The quantitative estimate of drug-likeness (QED) is 0.310. The third-order valence-corrected chi connectivity index (χ3v) is 6.98. The first-order chi connectivity index (χ1) is 17.1. The Morgan fingerprint density at radius 3 is 2.56 bits per heavy atom. The number of H-pyrrole nitrogens is 1. The van der Waals surface area contributed by atoms with E-state index in [1.54, 1.807) is 25.3 Å². The first-order valence-corrected chi connectivity index (χ1v) is 12.0. The average Bonchev–Trinajstić information content (AvgIpc) is 3.22. The van der Waals surface area contributed by atoms with Gasteiger partial charge in [0.05, 0.1) is 28.4 Å². The second kappa shape index (κ2) is 9.06.